The molecule has 7 nitrogen and oxygen atoms in total. The van der Waals surface area contributed by atoms with Crippen molar-refractivity contribution in [3.8, 4) is 5.75 Å². The lowest BCUT2D eigenvalue weighted by Crippen LogP contribution is -2.35. The first-order chi connectivity index (χ1) is 11.8. The molecule has 0 bridgehead atoms. The summed E-state index contributed by atoms with van der Waals surface area (Å²) in [5.74, 6) is 0.673. The van der Waals surface area contributed by atoms with Gasteiger partial charge in [0, 0.05) is 19.0 Å². The second-order valence-corrected chi connectivity index (χ2v) is 7.00. The summed E-state index contributed by atoms with van der Waals surface area (Å²) >= 11 is 0. The Morgan fingerprint density at radius 1 is 1.28 bits per heavy atom. The Morgan fingerprint density at radius 2 is 2.00 bits per heavy atom. The molecule has 2 rings (SSSR count). The first kappa shape index (κ1) is 18.9. The molecule has 1 aromatic rings. The van der Waals surface area contributed by atoms with Crippen LogP contribution in [0.3, 0.4) is 0 Å². The largest absolute Gasteiger partial charge is 0.495 e. The highest BCUT2D eigenvalue weighted by atomic mass is 16.6. The molecule has 1 saturated heterocycles. The van der Waals surface area contributed by atoms with Crippen molar-refractivity contribution in [3.05, 3.63) is 24.3 Å². The standard InChI is InChI=1S/C18H26N2O5/c1-18(2,3)25-17(22)20-10-9-13(11-20)12-24-16(21)19-14-7-5-6-8-15(14)23-4/h5-8,13H,9-12H2,1-4H3,(H,19,21). The average Bonchev–Trinajstić information content (AvgIpc) is 3.01. The van der Waals surface area contributed by atoms with E-state index >= 15 is 0 Å². The van der Waals surface area contributed by atoms with Crippen LogP contribution in [0.15, 0.2) is 24.3 Å². The fourth-order valence-electron chi connectivity index (χ4n) is 2.55. The Kier molecular flexibility index (Phi) is 6.12. The van der Waals surface area contributed by atoms with E-state index < -0.39 is 11.7 Å². The minimum atomic E-state index is -0.541. The summed E-state index contributed by atoms with van der Waals surface area (Å²) in [7, 11) is 1.54. The Morgan fingerprint density at radius 3 is 2.68 bits per heavy atom. The SMILES string of the molecule is COc1ccccc1NC(=O)OCC1CCN(C(=O)OC(C)(C)C)C1. The van der Waals surface area contributed by atoms with Crippen molar-refractivity contribution in [1.82, 2.24) is 4.90 Å². The summed E-state index contributed by atoms with van der Waals surface area (Å²) < 4.78 is 15.8. The number of para-hydroxylation sites is 2. The maximum Gasteiger partial charge on any atom is 0.411 e. The third-order valence-electron chi connectivity index (χ3n) is 3.73. The lowest BCUT2D eigenvalue weighted by atomic mass is 10.1. The predicted molar refractivity (Wildman–Crippen MR) is 93.9 cm³/mol. The molecule has 1 heterocycles. The van der Waals surface area contributed by atoms with E-state index in [1.165, 1.54) is 7.11 Å². The van der Waals surface area contributed by atoms with Crippen molar-refractivity contribution in [3.63, 3.8) is 0 Å². The molecule has 1 atom stereocenters. The van der Waals surface area contributed by atoms with Gasteiger partial charge in [0.2, 0.25) is 0 Å². The molecule has 0 aliphatic carbocycles. The molecule has 0 saturated carbocycles. The third kappa shape index (κ3) is 5.85. The van der Waals surface area contributed by atoms with Gasteiger partial charge < -0.3 is 19.1 Å². The fourth-order valence-corrected chi connectivity index (χ4v) is 2.55. The van der Waals surface area contributed by atoms with Crippen LogP contribution in [0.5, 0.6) is 5.75 Å². The van der Waals surface area contributed by atoms with E-state index in [-0.39, 0.29) is 18.6 Å². The number of carbonyl (C=O) groups is 2. The van der Waals surface area contributed by atoms with Crippen molar-refractivity contribution < 1.29 is 23.8 Å². The van der Waals surface area contributed by atoms with Crippen LogP contribution in [0, 0.1) is 5.92 Å². The molecule has 1 N–H and O–H groups in total. The number of benzene rings is 1. The highest BCUT2D eigenvalue weighted by Crippen LogP contribution is 2.24. The summed E-state index contributed by atoms with van der Waals surface area (Å²) in [4.78, 5) is 25.6. The lowest BCUT2D eigenvalue weighted by Gasteiger charge is -2.24. The number of methoxy groups -OCH3 is 1. The number of hydrogen-bond donors (Lipinski definition) is 1. The number of ether oxygens (including phenoxy) is 3. The van der Waals surface area contributed by atoms with Crippen LogP contribution in [0.2, 0.25) is 0 Å². The van der Waals surface area contributed by atoms with Gasteiger partial charge in [0.05, 0.1) is 19.4 Å². The normalized spacial score (nSPS) is 17.1. The molecule has 1 aromatic carbocycles. The monoisotopic (exact) mass is 350 g/mol. The van der Waals surface area contributed by atoms with Gasteiger partial charge in [0.1, 0.15) is 11.4 Å². The van der Waals surface area contributed by atoms with Gasteiger partial charge in [-0.3, -0.25) is 5.32 Å². The number of hydrogen-bond acceptors (Lipinski definition) is 5. The molecule has 1 aliphatic heterocycles. The average molecular weight is 350 g/mol. The van der Waals surface area contributed by atoms with Crippen LogP contribution in [0.4, 0.5) is 15.3 Å². The number of likely N-dealkylation sites (tertiary alicyclic amines) is 1. The Bertz CT molecular complexity index is 612. The maximum absolute atomic E-state index is 12.0. The maximum atomic E-state index is 12.0. The van der Waals surface area contributed by atoms with Crippen LogP contribution >= 0.6 is 0 Å². The van der Waals surface area contributed by atoms with Gasteiger partial charge in [-0.25, -0.2) is 9.59 Å². The number of amides is 2. The molecular weight excluding hydrogens is 324 g/mol. The second-order valence-electron chi connectivity index (χ2n) is 7.00. The van der Waals surface area contributed by atoms with E-state index in [1.54, 1.807) is 23.1 Å². The Labute approximate surface area is 148 Å². The van der Waals surface area contributed by atoms with Gasteiger partial charge in [-0.2, -0.15) is 0 Å². The summed E-state index contributed by atoms with van der Waals surface area (Å²) in [6, 6.07) is 7.11. The molecule has 1 aliphatic rings. The lowest BCUT2D eigenvalue weighted by molar-refractivity contribution is 0.0283. The van der Waals surface area contributed by atoms with Crippen LogP contribution < -0.4 is 10.1 Å². The van der Waals surface area contributed by atoms with Crippen LogP contribution in [-0.2, 0) is 9.47 Å². The predicted octanol–water partition coefficient (Wildman–Crippen LogP) is 3.50. The van der Waals surface area contributed by atoms with Gasteiger partial charge in [0.25, 0.3) is 0 Å². The minimum absolute atomic E-state index is 0.107. The second kappa shape index (κ2) is 8.09. The number of carbonyl (C=O) groups excluding carboxylic acids is 2. The van der Waals surface area contributed by atoms with Crippen LogP contribution in [0.25, 0.3) is 0 Å². The van der Waals surface area contributed by atoms with Crippen molar-refractivity contribution in [1.29, 1.82) is 0 Å². The van der Waals surface area contributed by atoms with Crippen molar-refractivity contribution >= 4 is 17.9 Å². The fraction of sp³-hybridized carbons (Fsp3) is 0.556. The van der Waals surface area contributed by atoms with E-state index in [9.17, 15) is 9.59 Å². The van der Waals surface area contributed by atoms with E-state index in [0.29, 0.717) is 24.5 Å². The number of rotatable bonds is 4. The summed E-state index contributed by atoms with van der Waals surface area (Å²) in [5, 5.41) is 2.66. The van der Waals surface area contributed by atoms with Gasteiger partial charge in [-0.05, 0) is 39.3 Å². The first-order valence-electron chi connectivity index (χ1n) is 8.33. The topological polar surface area (TPSA) is 77.1 Å². The van der Waals surface area contributed by atoms with Crippen LogP contribution in [0.1, 0.15) is 27.2 Å². The van der Waals surface area contributed by atoms with E-state index in [1.807, 2.05) is 26.8 Å². The smallest absolute Gasteiger partial charge is 0.411 e. The quantitative estimate of drug-likeness (QED) is 0.899. The van der Waals surface area contributed by atoms with Gasteiger partial charge in [0.15, 0.2) is 0 Å². The van der Waals surface area contributed by atoms with Gasteiger partial charge >= 0.3 is 12.2 Å². The molecule has 0 aromatic heterocycles. The first-order valence-corrected chi connectivity index (χ1v) is 8.33. The molecule has 1 fully saturated rings. The molecule has 25 heavy (non-hydrogen) atoms. The Hall–Kier alpha value is -2.44. The van der Waals surface area contributed by atoms with Gasteiger partial charge in [-0.15, -0.1) is 0 Å². The third-order valence-corrected chi connectivity index (χ3v) is 3.73. The Balaban J connectivity index is 1.77. The van der Waals surface area contributed by atoms with Crippen molar-refractivity contribution in [2.75, 3.05) is 32.1 Å². The molecule has 1 unspecified atom stereocenters. The zero-order valence-corrected chi connectivity index (χ0v) is 15.2. The highest BCUT2D eigenvalue weighted by molar-refractivity contribution is 5.86. The van der Waals surface area contributed by atoms with Crippen LogP contribution in [-0.4, -0.2) is 49.5 Å². The van der Waals surface area contributed by atoms with E-state index in [2.05, 4.69) is 5.32 Å². The molecular formula is C18H26N2O5. The number of nitrogens with zero attached hydrogens (tertiary/aromatic N) is 1. The zero-order chi connectivity index (χ0) is 18.4. The van der Waals surface area contributed by atoms with E-state index in [0.717, 1.165) is 6.42 Å². The van der Waals surface area contributed by atoms with Gasteiger partial charge in [-0.1, -0.05) is 12.1 Å². The number of nitrogens with one attached hydrogen (secondary N) is 1. The molecule has 2 amide bonds. The summed E-state index contributed by atoms with van der Waals surface area (Å²) in [6.07, 6.45) is -0.0880. The summed E-state index contributed by atoms with van der Waals surface area (Å²) in [5.41, 5.74) is 0.0390. The summed E-state index contributed by atoms with van der Waals surface area (Å²) in [6.45, 7) is 6.89. The van der Waals surface area contributed by atoms with Crippen molar-refractivity contribution in [2.45, 2.75) is 32.8 Å². The highest BCUT2D eigenvalue weighted by Gasteiger charge is 2.30. The van der Waals surface area contributed by atoms with Crippen molar-refractivity contribution in [2.24, 2.45) is 5.92 Å². The molecule has 138 valence electrons. The zero-order valence-electron chi connectivity index (χ0n) is 15.2. The molecule has 7 heteroatoms. The number of anilines is 1. The molecule has 0 spiro atoms. The minimum Gasteiger partial charge on any atom is -0.495 e. The molecule has 0 radical (unpaired) electrons. The van der Waals surface area contributed by atoms with E-state index in [4.69, 9.17) is 14.2 Å².